The minimum Gasteiger partial charge on any atom is -0.497 e. The Morgan fingerprint density at radius 2 is 2.04 bits per heavy atom. The Morgan fingerprint density at radius 1 is 1.26 bits per heavy atom. The summed E-state index contributed by atoms with van der Waals surface area (Å²) in [5, 5.41) is 0.111. The van der Waals surface area contributed by atoms with Crippen molar-refractivity contribution in [1.82, 2.24) is 14.3 Å². The van der Waals surface area contributed by atoms with E-state index in [1.165, 1.54) is 13.2 Å². The Hall–Kier alpha value is -2.42. The van der Waals surface area contributed by atoms with Crippen LogP contribution in [0.1, 0.15) is 17.4 Å². The molecule has 0 spiro atoms. The van der Waals surface area contributed by atoms with Crippen molar-refractivity contribution < 1.29 is 17.5 Å². The molecular formula is C18H17ClFN3O3S. The van der Waals surface area contributed by atoms with Gasteiger partial charge < -0.3 is 9.30 Å². The van der Waals surface area contributed by atoms with E-state index in [0.717, 1.165) is 12.1 Å². The Kier molecular flexibility index (Phi) is 5.50. The van der Waals surface area contributed by atoms with Crippen LogP contribution in [-0.4, -0.2) is 25.1 Å². The van der Waals surface area contributed by atoms with Crippen molar-refractivity contribution in [3.05, 3.63) is 77.1 Å². The molecule has 0 amide bonds. The summed E-state index contributed by atoms with van der Waals surface area (Å²) in [7, 11) is -0.936. The molecule has 9 heteroatoms. The van der Waals surface area contributed by atoms with E-state index in [9.17, 15) is 12.8 Å². The number of aromatic nitrogens is 2. The molecule has 3 rings (SSSR count). The van der Waals surface area contributed by atoms with Crippen molar-refractivity contribution in [2.45, 2.75) is 10.9 Å². The second kappa shape index (κ2) is 7.67. The maximum atomic E-state index is 14.2. The van der Waals surface area contributed by atoms with Gasteiger partial charge >= 0.3 is 0 Å². The second-order valence-corrected chi connectivity index (χ2v) is 7.92. The zero-order chi connectivity index (χ0) is 19.6. The van der Waals surface area contributed by atoms with Crippen LogP contribution >= 0.6 is 11.6 Å². The topological polar surface area (TPSA) is 73.2 Å². The minimum absolute atomic E-state index is 0.111. The molecule has 1 N–H and O–H groups in total. The lowest BCUT2D eigenvalue weighted by molar-refractivity contribution is 0.413. The summed E-state index contributed by atoms with van der Waals surface area (Å²) >= 11 is 5.72. The van der Waals surface area contributed by atoms with Gasteiger partial charge in [-0.1, -0.05) is 23.7 Å². The molecule has 0 fully saturated rings. The highest BCUT2D eigenvalue weighted by Crippen LogP contribution is 2.27. The molecule has 3 aromatic rings. The van der Waals surface area contributed by atoms with Crippen molar-refractivity contribution in [3.8, 4) is 5.75 Å². The summed E-state index contributed by atoms with van der Waals surface area (Å²) in [5.41, 5.74) is 0.599. The molecule has 0 radical (unpaired) electrons. The SMILES string of the molecule is COc1cccc(C(NS(=O)(=O)c2ccc(Cl)cc2F)c2nccn2C)c1. The first kappa shape index (κ1) is 19.3. The van der Waals surface area contributed by atoms with Crippen molar-refractivity contribution in [3.63, 3.8) is 0 Å². The lowest BCUT2D eigenvalue weighted by Gasteiger charge is -2.20. The number of hydrogen-bond acceptors (Lipinski definition) is 4. The molecule has 27 heavy (non-hydrogen) atoms. The minimum atomic E-state index is -4.20. The molecule has 142 valence electrons. The number of aryl methyl sites for hydroxylation is 1. The van der Waals surface area contributed by atoms with Crippen LogP contribution in [-0.2, 0) is 17.1 Å². The number of imidazole rings is 1. The van der Waals surface area contributed by atoms with E-state index in [1.807, 2.05) is 0 Å². The fourth-order valence-corrected chi connectivity index (χ4v) is 4.06. The maximum Gasteiger partial charge on any atom is 0.244 e. The highest BCUT2D eigenvalue weighted by molar-refractivity contribution is 7.89. The number of benzene rings is 2. The van der Waals surface area contributed by atoms with Crippen LogP contribution in [0.3, 0.4) is 0 Å². The lowest BCUT2D eigenvalue weighted by atomic mass is 10.1. The molecule has 0 aliphatic heterocycles. The summed E-state index contributed by atoms with van der Waals surface area (Å²) in [6.45, 7) is 0. The second-order valence-electron chi connectivity index (χ2n) is 5.80. The van der Waals surface area contributed by atoms with E-state index < -0.39 is 26.8 Å². The van der Waals surface area contributed by atoms with Crippen LogP contribution in [0.15, 0.2) is 59.8 Å². The number of nitrogens with one attached hydrogen (secondary N) is 1. The predicted molar refractivity (Wildman–Crippen MR) is 99.8 cm³/mol. The van der Waals surface area contributed by atoms with Crippen molar-refractivity contribution in [2.75, 3.05) is 7.11 Å². The van der Waals surface area contributed by atoms with Gasteiger partial charge in [-0.3, -0.25) is 0 Å². The third kappa shape index (κ3) is 4.13. The van der Waals surface area contributed by atoms with Gasteiger partial charge in [0.15, 0.2) is 0 Å². The van der Waals surface area contributed by atoms with Crippen molar-refractivity contribution in [1.29, 1.82) is 0 Å². The first-order valence-electron chi connectivity index (χ1n) is 7.90. The average molecular weight is 410 g/mol. The number of sulfonamides is 1. The van der Waals surface area contributed by atoms with Gasteiger partial charge in [0.1, 0.15) is 28.3 Å². The Bertz CT molecular complexity index is 1070. The molecule has 1 heterocycles. The van der Waals surface area contributed by atoms with Crippen LogP contribution in [0.2, 0.25) is 5.02 Å². The molecule has 0 aliphatic carbocycles. The zero-order valence-electron chi connectivity index (χ0n) is 14.6. The number of halogens is 2. The molecule has 0 saturated carbocycles. The van der Waals surface area contributed by atoms with Gasteiger partial charge in [-0.15, -0.1) is 0 Å². The highest BCUT2D eigenvalue weighted by atomic mass is 35.5. The number of rotatable bonds is 6. The van der Waals surface area contributed by atoms with Crippen molar-refractivity contribution in [2.24, 2.45) is 7.05 Å². The average Bonchev–Trinajstić information content (AvgIpc) is 3.05. The summed E-state index contributed by atoms with van der Waals surface area (Å²) in [5.74, 6) is 0.0732. The van der Waals surface area contributed by atoms with Gasteiger partial charge in [0.25, 0.3) is 0 Å². The number of ether oxygens (including phenoxy) is 1. The van der Waals surface area contributed by atoms with E-state index in [1.54, 1.807) is 48.3 Å². The summed E-state index contributed by atoms with van der Waals surface area (Å²) in [4.78, 5) is 3.75. The predicted octanol–water partition coefficient (Wildman–Crippen LogP) is 3.29. The van der Waals surface area contributed by atoms with E-state index in [4.69, 9.17) is 16.3 Å². The van der Waals surface area contributed by atoms with Crippen LogP contribution < -0.4 is 9.46 Å². The quantitative estimate of drug-likeness (QED) is 0.678. The third-order valence-electron chi connectivity index (χ3n) is 4.00. The van der Waals surface area contributed by atoms with Gasteiger partial charge in [0, 0.05) is 24.5 Å². The van der Waals surface area contributed by atoms with E-state index in [0.29, 0.717) is 17.1 Å². The Morgan fingerprint density at radius 3 is 2.67 bits per heavy atom. The molecule has 0 bridgehead atoms. The van der Waals surface area contributed by atoms with Gasteiger partial charge in [-0.2, -0.15) is 4.72 Å². The zero-order valence-corrected chi connectivity index (χ0v) is 16.1. The molecule has 6 nitrogen and oxygen atoms in total. The fraction of sp³-hybridized carbons (Fsp3) is 0.167. The molecule has 0 saturated heterocycles. The molecule has 2 aromatic carbocycles. The van der Waals surface area contributed by atoms with E-state index >= 15 is 0 Å². The Balaban J connectivity index is 2.07. The van der Waals surface area contributed by atoms with Gasteiger partial charge in [-0.05, 0) is 35.9 Å². The van der Waals surface area contributed by atoms with Gasteiger partial charge in [-0.25, -0.2) is 17.8 Å². The van der Waals surface area contributed by atoms with Crippen LogP contribution in [0, 0.1) is 5.82 Å². The third-order valence-corrected chi connectivity index (χ3v) is 5.69. The molecular weight excluding hydrogens is 393 g/mol. The highest BCUT2D eigenvalue weighted by Gasteiger charge is 2.28. The summed E-state index contributed by atoms with van der Waals surface area (Å²) < 4.78 is 49.3. The van der Waals surface area contributed by atoms with Crippen LogP contribution in [0.5, 0.6) is 5.75 Å². The molecule has 1 aromatic heterocycles. The monoisotopic (exact) mass is 409 g/mol. The molecule has 0 aliphatic rings. The summed E-state index contributed by atoms with van der Waals surface area (Å²) in [6, 6.07) is 9.47. The lowest BCUT2D eigenvalue weighted by Crippen LogP contribution is -2.31. The first-order chi connectivity index (χ1) is 12.8. The van der Waals surface area contributed by atoms with E-state index in [2.05, 4.69) is 9.71 Å². The normalized spacial score (nSPS) is 12.7. The maximum absolute atomic E-state index is 14.2. The van der Waals surface area contributed by atoms with Gasteiger partial charge in [0.2, 0.25) is 10.0 Å². The smallest absolute Gasteiger partial charge is 0.244 e. The van der Waals surface area contributed by atoms with Crippen LogP contribution in [0.4, 0.5) is 4.39 Å². The molecule has 1 unspecified atom stereocenters. The summed E-state index contributed by atoms with van der Waals surface area (Å²) in [6.07, 6.45) is 3.25. The van der Waals surface area contributed by atoms with Gasteiger partial charge in [0.05, 0.1) is 7.11 Å². The largest absolute Gasteiger partial charge is 0.497 e. The first-order valence-corrected chi connectivity index (χ1v) is 9.76. The number of nitrogens with zero attached hydrogens (tertiary/aromatic N) is 2. The Labute approximate surface area is 161 Å². The van der Waals surface area contributed by atoms with Crippen molar-refractivity contribution >= 4 is 21.6 Å². The number of methoxy groups -OCH3 is 1. The fourth-order valence-electron chi connectivity index (χ4n) is 2.66. The van der Waals surface area contributed by atoms with Crippen LogP contribution in [0.25, 0.3) is 0 Å². The molecule has 1 atom stereocenters. The van der Waals surface area contributed by atoms with E-state index in [-0.39, 0.29) is 5.02 Å². The standard InChI is InChI=1S/C18H17ClFN3O3S/c1-23-9-8-21-18(23)17(12-4-3-5-14(10-12)26-2)22-27(24,25)16-7-6-13(19)11-15(16)20/h3-11,17,22H,1-2H3. The number of hydrogen-bond donors (Lipinski definition) is 1.